The van der Waals surface area contributed by atoms with Crippen LogP contribution in [0.1, 0.15) is 55.3 Å². The largest absolute Gasteiger partial charge is 0.351 e. The Bertz CT molecular complexity index is 778. The van der Waals surface area contributed by atoms with Crippen LogP contribution in [0.4, 0.5) is 0 Å². The molecule has 1 aromatic rings. The lowest BCUT2D eigenvalue weighted by Gasteiger charge is -2.57. The van der Waals surface area contributed by atoms with Gasteiger partial charge in [0, 0.05) is 50.1 Å². The van der Waals surface area contributed by atoms with Crippen molar-refractivity contribution in [2.24, 2.45) is 23.2 Å². The number of carbonyl (C=O) groups is 3. The number of hydrogen-bond acceptors (Lipinski definition) is 4. The third kappa shape index (κ3) is 3.77. The first-order chi connectivity index (χ1) is 14.5. The van der Waals surface area contributed by atoms with Gasteiger partial charge < -0.3 is 15.1 Å². The molecule has 1 aromatic heterocycles. The number of piperazine rings is 1. The molecule has 1 saturated heterocycles. The molecule has 4 saturated carbocycles. The van der Waals surface area contributed by atoms with E-state index in [4.69, 9.17) is 0 Å². The fourth-order valence-electron chi connectivity index (χ4n) is 6.80. The molecule has 4 aliphatic carbocycles. The number of rotatable bonds is 5. The highest BCUT2D eigenvalue weighted by Gasteiger charge is 2.55. The Morgan fingerprint density at radius 3 is 2.13 bits per heavy atom. The Hall–Kier alpha value is -1.89. The smallest absolute Gasteiger partial charge is 0.252 e. The van der Waals surface area contributed by atoms with Gasteiger partial charge in [-0.15, -0.1) is 0 Å². The lowest BCUT2D eigenvalue weighted by Crippen LogP contribution is -2.58. The standard InChI is InChI=1S/C23H31N3O3S/c27-20(1-3-24-21(28)19-2-8-30-15-19)25-4-6-26(7-5-25)22(29)23-12-16-9-17(13-23)11-18(10-16)14-23/h2,8,15-18H,1,3-7,9-14H2,(H,24,28). The summed E-state index contributed by atoms with van der Waals surface area (Å²) in [7, 11) is 0. The van der Waals surface area contributed by atoms with Gasteiger partial charge in [-0.2, -0.15) is 11.3 Å². The maximum atomic E-state index is 13.5. The lowest BCUT2D eigenvalue weighted by molar-refractivity contribution is -0.160. The average Bonchev–Trinajstić information content (AvgIpc) is 3.27. The van der Waals surface area contributed by atoms with Gasteiger partial charge >= 0.3 is 0 Å². The average molecular weight is 430 g/mol. The van der Waals surface area contributed by atoms with Crippen molar-refractivity contribution in [2.45, 2.75) is 44.9 Å². The minimum absolute atomic E-state index is 0.0579. The summed E-state index contributed by atoms with van der Waals surface area (Å²) in [5.74, 6) is 2.61. The van der Waals surface area contributed by atoms with E-state index in [1.54, 1.807) is 11.4 Å². The Balaban J connectivity index is 1.09. The van der Waals surface area contributed by atoms with E-state index in [0.29, 0.717) is 50.6 Å². The molecule has 0 radical (unpaired) electrons. The number of thiophene rings is 1. The van der Waals surface area contributed by atoms with Gasteiger partial charge in [0.1, 0.15) is 0 Å². The highest BCUT2D eigenvalue weighted by atomic mass is 32.1. The van der Waals surface area contributed by atoms with Gasteiger partial charge in [-0.05, 0) is 67.7 Å². The van der Waals surface area contributed by atoms with Crippen LogP contribution in [-0.2, 0) is 9.59 Å². The number of nitrogens with zero attached hydrogens (tertiary/aromatic N) is 2. The minimum Gasteiger partial charge on any atom is -0.351 e. The molecule has 5 aliphatic rings. The molecule has 2 heterocycles. The van der Waals surface area contributed by atoms with Crippen LogP contribution in [0.15, 0.2) is 16.8 Å². The normalized spacial score (nSPS) is 32.3. The second-order valence-electron chi connectivity index (χ2n) is 9.89. The molecule has 30 heavy (non-hydrogen) atoms. The van der Waals surface area contributed by atoms with Crippen LogP contribution >= 0.6 is 11.3 Å². The van der Waals surface area contributed by atoms with Gasteiger partial charge in [0.15, 0.2) is 0 Å². The van der Waals surface area contributed by atoms with Crippen LogP contribution in [-0.4, -0.2) is 60.2 Å². The topological polar surface area (TPSA) is 69.7 Å². The fourth-order valence-corrected chi connectivity index (χ4v) is 7.44. The summed E-state index contributed by atoms with van der Waals surface area (Å²) in [6.07, 6.45) is 7.63. The molecule has 6 nitrogen and oxygen atoms in total. The van der Waals surface area contributed by atoms with E-state index in [1.807, 2.05) is 15.2 Å². The SMILES string of the molecule is O=C(NCCC(=O)N1CCN(C(=O)C23CC4CC(CC(C4)C2)C3)CC1)c1ccsc1. The molecule has 0 unspecified atom stereocenters. The second kappa shape index (κ2) is 7.98. The molecular weight excluding hydrogens is 398 g/mol. The maximum Gasteiger partial charge on any atom is 0.252 e. The second-order valence-corrected chi connectivity index (χ2v) is 10.7. The van der Waals surface area contributed by atoms with E-state index in [2.05, 4.69) is 5.32 Å². The third-order valence-electron chi connectivity index (χ3n) is 7.82. The molecule has 6 rings (SSSR count). The number of carbonyl (C=O) groups excluding carboxylic acids is 3. The highest BCUT2D eigenvalue weighted by Crippen LogP contribution is 2.60. The Morgan fingerprint density at radius 1 is 0.967 bits per heavy atom. The van der Waals surface area contributed by atoms with Gasteiger partial charge in [-0.25, -0.2) is 0 Å². The molecule has 1 aliphatic heterocycles. The van der Waals surface area contributed by atoms with Crippen molar-refractivity contribution in [2.75, 3.05) is 32.7 Å². The summed E-state index contributed by atoms with van der Waals surface area (Å²) in [6.45, 7) is 2.85. The molecule has 7 heteroatoms. The molecule has 0 spiro atoms. The van der Waals surface area contributed by atoms with Crippen LogP contribution < -0.4 is 5.32 Å². The number of amides is 3. The number of hydrogen-bond donors (Lipinski definition) is 1. The van der Waals surface area contributed by atoms with Crippen molar-refractivity contribution in [3.63, 3.8) is 0 Å². The van der Waals surface area contributed by atoms with Gasteiger partial charge in [-0.1, -0.05) is 0 Å². The Kier molecular flexibility index (Phi) is 5.33. The predicted octanol–water partition coefficient (Wildman–Crippen LogP) is 2.76. The summed E-state index contributed by atoms with van der Waals surface area (Å²) in [5, 5.41) is 6.48. The first-order valence-corrected chi connectivity index (χ1v) is 12.3. The summed E-state index contributed by atoms with van der Waals surface area (Å²) in [6, 6.07) is 1.78. The van der Waals surface area contributed by atoms with Crippen LogP contribution in [0.5, 0.6) is 0 Å². The van der Waals surface area contributed by atoms with E-state index in [-0.39, 0.29) is 17.2 Å². The fraction of sp³-hybridized carbons (Fsp3) is 0.696. The zero-order valence-electron chi connectivity index (χ0n) is 17.5. The van der Waals surface area contributed by atoms with E-state index in [9.17, 15) is 14.4 Å². The summed E-state index contributed by atoms with van der Waals surface area (Å²) in [5.41, 5.74) is 0.552. The quantitative estimate of drug-likeness (QED) is 0.783. The molecule has 0 atom stereocenters. The molecule has 3 amide bonds. The van der Waals surface area contributed by atoms with E-state index in [0.717, 1.165) is 37.0 Å². The maximum absolute atomic E-state index is 13.5. The first-order valence-electron chi connectivity index (χ1n) is 11.4. The van der Waals surface area contributed by atoms with Crippen LogP contribution in [0, 0.1) is 23.2 Å². The monoisotopic (exact) mass is 429 g/mol. The Labute approximate surface area is 182 Å². The van der Waals surface area contributed by atoms with E-state index < -0.39 is 0 Å². The van der Waals surface area contributed by atoms with Crippen molar-refractivity contribution in [3.05, 3.63) is 22.4 Å². The lowest BCUT2D eigenvalue weighted by atomic mass is 9.49. The summed E-state index contributed by atoms with van der Waals surface area (Å²) >= 11 is 1.48. The van der Waals surface area contributed by atoms with Crippen molar-refractivity contribution in [3.8, 4) is 0 Å². The third-order valence-corrected chi connectivity index (χ3v) is 8.50. The van der Waals surface area contributed by atoms with Gasteiger partial charge in [0.2, 0.25) is 11.8 Å². The van der Waals surface area contributed by atoms with Gasteiger partial charge in [-0.3, -0.25) is 14.4 Å². The molecule has 0 aromatic carbocycles. The van der Waals surface area contributed by atoms with Crippen molar-refractivity contribution < 1.29 is 14.4 Å². The molecular formula is C23H31N3O3S. The van der Waals surface area contributed by atoms with Crippen molar-refractivity contribution >= 4 is 29.1 Å². The minimum atomic E-state index is -0.130. The van der Waals surface area contributed by atoms with Crippen molar-refractivity contribution in [1.82, 2.24) is 15.1 Å². The molecule has 5 fully saturated rings. The Morgan fingerprint density at radius 2 is 1.57 bits per heavy atom. The van der Waals surface area contributed by atoms with Crippen molar-refractivity contribution in [1.29, 1.82) is 0 Å². The van der Waals surface area contributed by atoms with Crippen LogP contribution in [0.3, 0.4) is 0 Å². The number of nitrogens with one attached hydrogen (secondary N) is 1. The van der Waals surface area contributed by atoms with Crippen LogP contribution in [0.2, 0.25) is 0 Å². The predicted molar refractivity (Wildman–Crippen MR) is 115 cm³/mol. The summed E-state index contributed by atoms with van der Waals surface area (Å²) in [4.78, 5) is 41.9. The zero-order valence-corrected chi connectivity index (χ0v) is 18.3. The van der Waals surface area contributed by atoms with Gasteiger partial charge in [0.25, 0.3) is 5.91 Å². The summed E-state index contributed by atoms with van der Waals surface area (Å²) < 4.78 is 0. The van der Waals surface area contributed by atoms with E-state index in [1.165, 1.54) is 30.6 Å². The molecule has 162 valence electrons. The van der Waals surface area contributed by atoms with Gasteiger partial charge in [0.05, 0.1) is 5.41 Å². The molecule has 4 bridgehead atoms. The van der Waals surface area contributed by atoms with Crippen LogP contribution in [0.25, 0.3) is 0 Å². The molecule has 1 N–H and O–H groups in total. The van der Waals surface area contributed by atoms with E-state index >= 15 is 0 Å². The zero-order chi connectivity index (χ0) is 20.7. The first kappa shape index (κ1) is 20.0. The highest BCUT2D eigenvalue weighted by molar-refractivity contribution is 7.08.